The number of nitrogens with two attached hydrogens (primary N) is 1. The van der Waals surface area contributed by atoms with Gasteiger partial charge in [0.1, 0.15) is 5.75 Å². The zero-order valence-corrected chi connectivity index (χ0v) is 10.8. The molecule has 88 valence electrons. The van der Waals surface area contributed by atoms with Crippen molar-refractivity contribution in [2.24, 2.45) is 5.73 Å². The third-order valence-electron chi connectivity index (χ3n) is 2.22. The van der Waals surface area contributed by atoms with E-state index in [0.29, 0.717) is 5.75 Å². The molecular formula is C11H14BrNO3. The number of methoxy groups -OCH3 is 2. The van der Waals surface area contributed by atoms with Gasteiger partial charge in [0.25, 0.3) is 0 Å². The predicted octanol–water partition coefficient (Wildman–Crippen LogP) is 2.02. The molecular weight excluding hydrogens is 274 g/mol. The topological polar surface area (TPSA) is 61.5 Å². The van der Waals surface area contributed by atoms with Crippen molar-refractivity contribution in [1.29, 1.82) is 0 Å². The second-order valence-corrected chi connectivity index (χ2v) is 4.13. The molecule has 0 aliphatic heterocycles. The summed E-state index contributed by atoms with van der Waals surface area (Å²) in [6.07, 6.45) is 0.141. The van der Waals surface area contributed by atoms with Crippen molar-refractivity contribution < 1.29 is 14.3 Å². The number of ether oxygens (including phenoxy) is 2. The number of benzene rings is 1. The molecule has 5 heteroatoms. The fourth-order valence-electron chi connectivity index (χ4n) is 1.31. The molecule has 0 radical (unpaired) electrons. The van der Waals surface area contributed by atoms with Crippen LogP contribution in [0.4, 0.5) is 0 Å². The first-order valence-electron chi connectivity index (χ1n) is 4.74. The van der Waals surface area contributed by atoms with Gasteiger partial charge < -0.3 is 15.2 Å². The van der Waals surface area contributed by atoms with Gasteiger partial charge in [0, 0.05) is 10.5 Å². The Labute approximate surface area is 103 Å². The molecule has 1 atom stereocenters. The number of halogens is 1. The van der Waals surface area contributed by atoms with E-state index < -0.39 is 6.04 Å². The molecule has 1 aromatic rings. The molecule has 0 spiro atoms. The molecule has 4 nitrogen and oxygen atoms in total. The molecule has 0 saturated carbocycles. The number of hydrogen-bond acceptors (Lipinski definition) is 4. The van der Waals surface area contributed by atoms with Crippen molar-refractivity contribution in [1.82, 2.24) is 0 Å². The van der Waals surface area contributed by atoms with Crippen LogP contribution in [0.1, 0.15) is 18.0 Å². The third kappa shape index (κ3) is 3.21. The Kier molecular flexibility index (Phi) is 4.76. The van der Waals surface area contributed by atoms with Crippen molar-refractivity contribution >= 4 is 21.9 Å². The van der Waals surface area contributed by atoms with Crippen LogP contribution in [0.5, 0.6) is 5.75 Å². The van der Waals surface area contributed by atoms with E-state index in [1.54, 1.807) is 13.2 Å². The van der Waals surface area contributed by atoms with Crippen molar-refractivity contribution in [3.05, 3.63) is 28.2 Å². The maximum atomic E-state index is 11.1. The lowest BCUT2D eigenvalue weighted by molar-refractivity contribution is -0.141. The number of esters is 1. The minimum absolute atomic E-state index is 0.141. The lowest BCUT2D eigenvalue weighted by atomic mass is 10.0. The first-order valence-corrected chi connectivity index (χ1v) is 5.53. The summed E-state index contributed by atoms with van der Waals surface area (Å²) in [5, 5.41) is 0. The standard InChI is InChI=1S/C11H14BrNO3/c1-15-7-3-4-9(12)8(5-7)10(13)6-11(14)16-2/h3-5,10H,6,13H2,1-2H3/t10-/m0/s1. The lowest BCUT2D eigenvalue weighted by Gasteiger charge is -2.13. The molecule has 2 N–H and O–H groups in total. The van der Waals surface area contributed by atoms with E-state index in [-0.39, 0.29) is 12.4 Å². The minimum atomic E-state index is -0.406. The molecule has 0 amide bonds. The molecule has 1 rings (SSSR count). The highest BCUT2D eigenvalue weighted by atomic mass is 79.9. The molecule has 0 aliphatic carbocycles. The Morgan fingerprint density at radius 1 is 1.50 bits per heavy atom. The molecule has 0 fully saturated rings. The summed E-state index contributed by atoms with van der Waals surface area (Å²) in [7, 11) is 2.93. The van der Waals surface area contributed by atoms with E-state index in [1.165, 1.54) is 7.11 Å². The van der Waals surface area contributed by atoms with Gasteiger partial charge in [-0.1, -0.05) is 15.9 Å². The van der Waals surface area contributed by atoms with Crippen LogP contribution in [0.25, 0.3) is 0 Å². The Morgan fingerprint density at radius 3 is 2.75 bits per heavy atom. The summed E-state index contributed by atoms with van der Waals surface area (Å²) in [5.41, 5.74) is 6.73. The average Bonchev–Trinajstić information content (AvgIpc) is 2.29. The molecule has 0 bridgehead atoms. The fraction of sp³-hybridized carbons (Fsp3) is 0.364. The molecule has 0 unspecified atom stereocenters. The van der Waals surface area contributed by atoms with Crippen LogP contribution in [-0.4, -0.2) is 20.2 Å². The van der Waals surface area contributed by atoms with Crippen LogP contribution >= 0.6 is 15.9 Å². The number of carbonyl (C=O) groups is 1. The first-order chi connectivity index (χ1) is 7.58. The quantitative estimate of drug-likeness (QED) is 0.861. The zero-order chi connectivity index (χ0) is 12.1. The van der Waals surface area contributed by atoms with E-state index in [1.807, 2.05) is 12.1 Å². The summed E-state index contributed by atoms with van der Waals surface area (Å²) in [6, 6.07) is 5.05. The van der Waals surface area contributed by atoms with Crippen LogP contribution in [0.3, 0.4) is 0 Å². The van der Waals surface area contributed by atoms with Gasteiger partial charge in [-0.3, -0.25) is 4.79 Å². The highest BCUT2D eigenvalue weighted by Crippen LogP contribution is 2.28. The molecule has 0 aliphatic rings. The van der Waals surface area contributed by atoms with E-state index in [4.69, 9.17) is 10.5 Å². The second-order valence-electron chi connectivity index (χ2n) is 3.27. The first kappa shape index (κ1) is 13.0. The van der Waals surface area contributed by atoms with Crippen LogP contribution in [0.15, 0.2) is 22.7 Å². The lowest BCUT2D eigenvalue weighted by Crippen LogP contribution is -2.16. The fourth-order valence-corrected chi connectivity index (χ4v) is 1.85. The normalized spacial score (nSPS) is 12.0. The molecule has 0 saturated heterocycles. The zero-order valence-electron chi connectivity index (χ0n) is 9.20. The summed E-state index contributed by atoms with van der Waals surface area (Å²) in [4.78, 5) is 11.1. The van der Waals surface area contributed by atoms with Crippen molar-refractivity contribution in [3.8, 4) is 5.75 Å². The molecule has 16 heavy (non-hydrogen) atoms. The second kappa shape index (κ2) is 5.86. The van der Waals surface area contributed by atoms with Crippen LogP contribution in [0, 0.1) is 0 Å². The Hall–Kier alpha value is -1.07. The van der Waals surface area contributed by atoms with Gasteiger partial charge in [0.15, 0.2) is 0 Å². The van der Waals surface area contributed by atoms with Gasteiger partial charge in [0.2, 0.25) is 0 Å². The Balaban J connectivity index is 2.88. The van der Waals surface area contributed by atoms with E-state index in [0.717, 1.165) is 10.0 Å². The smallest absolute Gasteiger partial charge is 0.307 e. The van der Waals surface area contributed by atoms with Crippen molar-refractivity contribution in [2.75, 3.05) is 14.2 Å². The summed E-state index contributed by atoms with van der Waals surface area (Å²) < 4.78 is 10.5. The minimum Gasteiger partial charge on any atom is -0.497 e. The van der Waals surface area contributed by atoms with Gasteiger partial charge in [-0.2, -0.15) is 0 Å². The van der Waals surface area contributed by atoms with E-state index >= 15 is 0 Å². The third-order valence-corrected chi connectivity index (χ3v) is 2.94. The Bertz CT molecular complexity index is 381. The van der Waals surface area contributed by atoms with Crippen molar-refractivity contribution in [3.63, 3.8) is 0 Å². The van der Waals surface area contributed by atoms with Gasteiger partial charge in [-0.15, -0.1) is 0 Å². The summed E-state index contributed by atoms with van der Waals surface area (Å²) in [6.45, 7) is 0. The highest BCUT2D eigenvalue weighted by Gasteiger charge is 2.15. The number of carbonyl (C=O) groups excluding carboxylic acids is 1. The van der Waals surface area contributed by atoms with Crippen molar-refractivity contribution in [2.45, 2.75) is 12.5 Å². The van der Waals surface area contributed by atoms with Gasteiger partial charge >= 0.3 is 5.97 Å². The maximum absolute atomic E-state index is 11.1. The largest absolute Gasteiger partial charge is 0.497 e. The Morgan fingerprint density at radius 2 is 2.19 bits per heavy atom. The van der Waals surface area contributed by atoms with Crippen LogP contribution < -0.4 is 10.5 Å². The summed E-state index contributed by atoms with van der Waals surface area (Å²) >= 11 is 3.38. The van der Waals surface area contributed by atoms with Gasteiger partial charge in [0.05, 0.1) is 20.6 Å². The van der Waals surface area contributed by atoms with Gasteiger partial charge in [-0.05, 0) is 23.8 Å². The van der Waals surface area contributed by atoms with Crippen LogP contribution in [0.2, 0.25) is 0 Å². The number of hydrogen-bond donors (Lipinski definition) is 1. The van der Waals surface area contributed by atoms with E-state index in [9.17, 15) is 4.79 Å². The van der Waals surface area contributed by atoms with E-state index in [2.05, 4.69) is 20.7 Å². The highest BCUT2D eigenvalue weighted by molar-refractivity contribution is 9.10. The molecule has 1 aromatic carbocycles. The van der Waals surface area contributed by atoms with Crippen LogP contribution in [-0.2, 0) is 9.53 Å². The maximum Gasteiger partial charge on any atom is 0.307 e. The average molecular weight is 288 g/mol. The number of rotatable bonds is 4. The monoisotopic (exact) mass is 287 g/mol. The SMILES string of the molecule is COC(=O)C[C@H](N)c1cc(OC)ccc1Br. The summed E-state index contributed by atoms with van der Waals surface area (Å²) in [5.74, 6) is 0.376. The molecule has 0 aromatic heterocycles. The predicted molar refractivity (Wildman–Crippen MR) is 64.3 cm³/mol. The van der Waals surface area contributed by atoms with Gasteiger partial charge in [-0.25, -0.2) is 0 Å². The molecule has 0 heterocycles.